The zero-order valence-corrected chi connectivity index (χ0v) is 16.0. The monoisotopic (exact) mass is 443 g/mol. The Morgan fingerprint density at radius 1 is 1.33 bits per heavy atom. The summed E-state index contributed by atoms with van der Waals surface area (Å²) in [4.78, 5) is 4.24. The number of nitrogens with zero attached hydrogens (tertiary/aromatic N) is 3. The Kier molecular flexibility index (Phi) is 6.59. The molecule has 2 aromatic rings. The molecule has 1 fully saturated rings. The van der Waals surface area contributed by atoms with E-state index in [2.05, 4.69) is 20.7 Å². The Hall–Kier alpha value is -1.64. The molecule has 0 saturated heterocycles. The Bertz CT molecular complexity index is 667. The van der Waals surface area contributed by atoms with Crippen molar-refractivity contribution in [3.63, 3.8) is 0 Å². The molecule has 1 heterocycles. The number of hydrogen-bond acceptors (Lipinski definition) is 2. The van der Waals surface area contributed by atoms with Crippen LogP contribution < -0.4 is 10.6 Å². The minimum absolute atomic E-state index is 0. The average Bonchev–Trinajstić information content (AvgIpc) is 3.18. The van der Waals surface area contributed by atoms with Crippen LogP contribution >= 0.6 is 24.0 Å². The van der Waals surface area contributed by atoms with Crippen LogP contribution in [-0.4, -0.2) is 35.9 Å². The van der Waals surface area contributed by atoms with Gasteiger partial charge in [-0.2, -0.15) is 5.10 Å². The molecular formula is C17H23FIN5. The van der Waals surface area contributed by atoms with Gasteiger partial charge in [-0.15, -0.1) is 24.0 Å². The second-order valence-corrected chi connectivity index (χ2v) is 5.91. The number of nitrogens with one attached hydrogen (secondary N) is 2. The fourth-order valence-electron chi connectivity index (χ4n) is 2.73. The molecule has 7 heteroatoms. The summed E-state index contributed by atoms with van der Waals surface area (Å²) in [6.07, 6.45) is 5.85. The maximum atomic E-state index is 13.4. The number of benzene rings is 1. The van der Waals surface area contributed by atoms with Crippen LogP contribution in [0.15, 0.2) is 47.7 Å². The normalized spacial score (nSPS) is 15.5. The number of guanidine groups is 1. The molecule has 1 saturated carbocycles. The van der Waals surface area contributed by atoms with E-state index < -0.39 is 0 Å². The maximum Gasteiger partial charge on any atom is 0.191 e. The number of aromatic nitrogens is 2. The van der Waals surface area contributed by atoms with Crippen LogP contribution in [0.3, 0.4) is 0 Å². The highest BCUT2D eigenvalue weighted by molar-refractivity contribution is 14.0. The van der Waals surface area contributed by atoms with E-state index in [0.29, 0.717) is 0 Å². The van der Waals surface area contributed by atoms with Crippen LogP contribution in [0, 0.1) is 5.82 Å². The molecule has 1 aliphatic carbocycles. The van der Waals surface area contributed by atoms with Gasteiger partial charge in [0.15, 0.2) is 5.96 Å². The maximum absolute atomic E-state index is 13.4. The molecule has 0 atom stereocenters. The van der Waals surface area contributed by atoms with Crippen LogP contribution in [0.5, 0.6) is 0 Å². The van der Waals surface area contributed by atoms with Crippen molar-refractivity contribution >= 4 is 29.9 Å². The summed E-state index contributed by atoms with van der Waals surface area (Å²) < 4.78 is 15.3. The van der Waals surface area contributed by atoms with E-state index in [0.717, 1.165) is 44.0 Å². The molecule has 1 aliphatic rings. The minimum atomic E-state index is -0.171. The third-order valence-electron chi connectivity index (χ3n) is 4.30. The first-order valence-electron chi connectivity index (χ1n) is 7.90. The predicted molar refractivity (Wildman–Crippen MR) is 104 cm³/mol. The summed E-state index contributed by atoms with van der Waals surface area (Å²) in [7, 11) is 1.75. The van der Waals surface area contributed by atoms with Crippen LogP contribution in [-0.2, 0) is 12.0 Å². The Morgan fingerprint density at radius 3 is 2.79 bits per heavy atom. The predicted octanol–water partition coefficient (Wildman–Crippen LogP) is 2.54. The van der Waals surface area contributed by atoms with Crippen molar-refractivity contribution < 1.29 is 4.39 Å². The highest BCUT2D eigenvalue weighted by atomic mass is 127. The Balaban J connectivity index is 0.00000208. The summed E-state index contributed by atoms with van der Waals surface area (Å²) in [5, 5.41) is 10.8. The van der Waals surface area contributed by atoms with E-state index >= 15 is 0 Å². The second-order valence-electron chi connectivity index (χ2n) is 5.91. The van der Waals surface area contributed by atoms with Gasteiger partial charge in [0.05, 0.1) is 6.54 Å². The summed E-state index contributed by atoms with van der Waals surface area (Å²) in [5.74, 6) is 0.593. The SMILES string of the molecule is CN=C(NCCn1cccn1)NCC1(c2cccc(F)c2)CC1.I. The molecule has 0 bridgehead atoms. The van der Waals surface area contributed by atoms with Crippen molar-refractivity contribution in [2.45, 2.75) is 24.8 Å². The van der Waals surface area contributed by atoms with Gasteiger partial charge in [0.1, 0.15) is 5.82 Å². The van der Waals surface area contributed by atoms with Crippen LogP contribution in [0.4, 0.5) is 4.39 Å². The smallest absolute Gasteiger partial charge is 0.191 e. The van der Waals surface area contributed by atoms with Gasteiger partial charge in [0.2, 0.25) is 0 Å². The van der Waals surface area contributed by atoms with E-state index in [1.54, 1.807) is 25.4 Å². The molecule has 0 aliphatic heterocycles. The standard InChI is InChI=1S/C17H22FN5.HI/c1-19-16(20-9-11-23-10-3-8-22-23)21-13-17(6-7-17)14-4-2-5-15(18)12-14;/h2-5,8,10,12H,6-7,9,11,13H2,1H3,(H2,19,20,21);1H. The summed E-state index contributed by atoms with van der Waals surface area (Å²) >= 11 is 0. The third kappa shape index (κ3) is 4.68. The lowest BCUT2D eigenvalue weighted by atomic mass is 9.96. The molecule has 130 valence electrons. The third-order valence-corrected chi connectivity index (χ3v) is 4.30. The zero-order valence-electron chi connectivity index (χ0n) is 13.7. The molecule has 0 amide bonds. The number of rotatable bonds is 6. The summed E-state index contributed by atoms with van der Waals surface area (Å²) in [6, 6.07) is 8.82. The molecular weight excluding hydrogens is 420 g/mol. The van der Waals surface area contributed by atoms with Gasteiger partial charge in [0, 0.05) is 37.9 Å². The minimum Gasteiger partial charge on any atom is -0.356 e. The van der Waals surface area contributed by atoms with Crippen molar-refractivity contribution in [1.29, 1.82) is 0 Å². The molecule has 2 N–H and O–H groups in total. The van der Waals surface area contributed by atoms with E-state index in [-0.39, 0.29) is 35.2 Å². The summed E-state index contributed by atoms with van der Waals surface area (Å²) in [5.41, 5.74) is 1.11. The Labute approximate surface area is 158 Å². The van der Waals surface area contributed by atoms with Crippen molar-refractivity contribution in [1.82, 2.24) is 20.4 Å². The van der Waals surface area contributed by atoms with Gasteiger partial charge in [-0.1, -0.05) is 12.1 Å². The van der Waals surface area contributed by atoms with E-state index in [1.807, 2.05) is 23.0 Å². The van der Waals surface area contributed by atoms with Gasteiger partial charge in [-0.25, -0.2) is 4.39 Å². The van der Waals surface area contributed by atoms with Crippen molar-refractivity contribution in [2.75, 3.05) is 20.1 Å². The van der Waals surface area contributed by atoms with Crippen LogP contribution in [0.2, 0.25) is 0 Å². The molecule has 0 unspecified atom stereocenters. The zero-order chi connectivity index (χ0) is 16.1. The Morgan fingerprint density at radius 2 is 2.17 bits per heavy atom. The van der Waals surface area contributed by atoms with E-state index in [4.69, 9.17) is 0 Å². The average molecular weight is 443 g/mol. The van der Waals surface area contributed by atoms with Gasteiger partial charge in [-0.3, -0.25) is 9.67 Å². The topological polar surface area (TPSA) is 54.2 Å². The first-order chi connectivity index (χ1) is 11.2. The molecule has 3 rings (SSSR count). The van der Waals surface area contributed by atoms with Gasteiger partial charge < -0.3 is 10.6 Å². The molecule has 1 aromatic carbocycles. The highest BCUT2D eigenvalue weighted by Gasteiger charge is 2.44. The quantitative estimate of drug-likeness (QED) is 0.410. The first kappa shape index (κ1) is 18.7. The molecule has 5 nitrogen and oxygen atoms in total. The van der Waals surface area contributed by atoms with Crippen molar-refractivity contribution in [2.24, 2.45) is 4.99 Å². The number of hydrogen-bond donors (Lipinski definition) is 2. The van der Waals surface area contributed by atoms with Gasteiger partial charge >= 0.3 is 0 Å². The second kappa shape index (κ2) is 8.46. The molecule has 1 aromatic heterocycles. The van der Waals surface area contributed by atoms with Crippen molar-refractivity contribution in [3.8, 4) is 0 Å². The largest absolute Gasteiger partial charge is 0.356 e. The van der Waals surface area contributed by atoms with Crippen molar-refractivity contribution in [3.05, 3.63) is 54.1 Å². The lowest BCUT2D eigenvalue weighted by molar-refractivity contribution is 0.587. The molecule has 0 spiro atoms. The fraction of sp³-hybridized carbons (Fsp3) is 0.412. The lowest BCUT2D eigenvalue weighted by Crippen LogP contribution is -2.42. The van der Waals surface area contributed by atoms with Crippen LogP contribution in [0.25, 0.3) is 0 Å². The van der Waals surface area contributed by atoms with E-state index in [1.165, 1.54) is 6.07 Å². The fourth-order valence-corrected chi connectivity index (χ4v) is 2.73. The number of aliphatic imine (C=N–C) groups is 1. The molecule has 24 heavy (non-hydrogen) atoms. The van der Waals surface area contributed by atoms with E-state index in [9.17, 15) is 4.39 Å². The van der Waals surface area contributed by atoms with Gasteiger partial charge in [-0.05, 0) is 36.6 Å². The summed E-state index contributed by atoms with van der Waals surface area (Å²) in [6.45, 7) is 2.29. The lowest BCUT2D eigenvalue weighted by Gasteiger charge is -2.19. The number of halogens is 2. The molecule has 0 radical (unpaired) electrons. The highest BCUT2D eigenvalue weighted by Crippen LogP contribution is 2.47. The van der Waals surface area contributed by atoms with Gasteiger partial charge in [0.25, 0.3) is 0 Å². The van der Waals surface area contributed by atoms with Crippen LogP contribution in [0.1, 0.15) is 18.4 Å². The first-order valence-corrected chi connectivity index (χ1v) is 7.90.